The summed E-state index contributed by atoms with van der Waals surface area (Å²) < 4.78 is 0. The third-order valence-electron chi connectivity index (χ3n) is 1.86. The summed E-state index contributed by atoms with van der Waals surface area (Å²) in [6.45, 7) is 0. The number of benzene rings is 1. The minimum absolute atomic E-state index is 0.135. The Morgan fingerprint density at radius 2 is 2.07 bits per heavy atom. The second-order valence-electron chi connectivity index (χ2n) is 2.91. The fraction of sp³-hybridized carbons (Fsp3) is 0.200. The van der Waals surface area contributed by atoms with Gasteiger partial charge in [-0.25, -0.2) is 0 Å². The van der Waals surface area contributed by atoms with Crippen molar-refractivity contribution in [1.82, 2.24) is 0 Å². The van der Waals surface area contributed by atoms with Crippen LogP contribution < -0.4 is 0 Å². The van der Waals surface area contributed by atoms with Gasteiger partial charge in [-0.05, 0) is 23.3 Å². The van der Waals surface area contributed by atoms with E-state index in [0.29, 0.717) is 21.7 Å². The maximum absolute atomic E-state index is 10.6. The molecule has 0 atom stereocenters. The highest BCUT2D eigenvalue weighted by atomic mass is 35.5. The molecule has 1 rings (SSSR count). The molecule has 0 saturated heterocycles. The van der Waals surface area contributed by atoms with Gasteiger partial charge in [-0.2, -0.15) is 5.26 Å². The van der Waals surface area contributed by atoms with Crippen LogP contribution in [0.5, 0.6) is 0 Å². The number of hydrogen-bond acceptors (Lipinski definition) is 2. The molecule has 0 aliphatic heterocycles. The summed E-state index contributed by atoms with van der Waals surface area (Å²) >= 11 is 11.4. The number of carbonyl (C=O) groups is 1. The number of nitriles is 1. The monoisotopic (exact) mass is 243 g/mol. The first-order chi connectivity index (χ1) is 7.08. The fourth-order valence-corrected chi connectivity index (χ4v) is 1.75. The zero-order chi connectivity index (χ0) is 11.4. The number of carboxylic acid groups (broad SMARTS) is 1. The summed E-state index contributed by atoms with van der Waals surface area (Å²) in [5, 5.41) is 17.9. The van der Waals surface area contributed by atoms with Crippen LogP contribution >= 0.6 is 23.2 Å². The third-order valence-corrected chi connectivity index (χ3v) is 2.37. The number of carboxylic acids is 1. The molecule has 0 aliphatic rings. The van der Waals surface area contributed by atoms with Gasteiger partial charge in [-0.15, -0.1) is 11.6 Å². The largest absolute Gasteiger partial charge is 0.481 e. The quantitative estimate of drug-likeness (QED) is 0.831. The van der Waals surface area contributed by atoms with Crippen molar-refractivity contribution in [3.8, 4) is 6.07 Å². The Balaban J connectivity index is 3.30. The lowest BCUT2D eigenvalue weighted by Crippen LogP contribution is -2.04. The van der Waals surface area contributed by atoms with Gasteiger partial charge >= 0.3 is 5.97 Å². The predicted octanol–water partition coefficient (Wildman–Crippen LogP) is 2.58. The van der Waals surface area contributed by atoms with Crippen LogP contribution in [0.1, 0.15) is 16.7 Å². The second-order valence-corrected chi connectivity index (χ2v) is 3.62. The summed E-state index contributed by atoms with van der Waals surface area (Å²) in [7, 11) is 0. The van der Waals surface area contributed by atoms with Crippen molar-refractivity contribution in [2.24, 2.45) is 0 Å². The Labute approximate surface area is 96.8 Å². The average Bonchev–Trinajstić information content (AvgIpc) is 2.15. The lowest BCUT2D eigenvalue weighted by Gasteiger charge is -2.06. The Hall–Kier alpha value is -1.24. The molecule has 0 unspecified atom stereocenters. The van der Waals surface area contributed by atoms with E-state index in [1.54, 1.807) is 6.07 Å². The maximum Gasteiger partial charge on any atom is 0.307 e. The predicted molar refractivity (Wildman–Crippen MR) is 57.1 cm³/mol. The fourth-order valence-electron chi connectivity index (χ4n) is 1.28. The summed E-state index contributed by atoms with van der Waals surface area (Å²) in [6, 6.07) is 4.99. The molecule has 15 heavy (non-hydrogen) atoms. The van der Waals surface area contributed by atoms with Gasteiger partial charge in [0.25, 0.3) is 0 Å². The van der Waals surface area contributed by atoms with E-state index in [0.717, 1.165) is 0 Å². The minimum atomic E-state index is -1.01. The number of nitrogens with zero attached hydrogens (tertiary/aromatic N) is 1. The van der Waals surface area contributed by atoms with Crippen LogP contribution in [0.4, 0.5) is 0 Å². The molecule has 0 saturated carbocycles. The summed E-state index contributed by atoms with van der Waals surface area (Å²) in [5.74, 6) is -0.870. The molecule has 5 heteroatoms. The van der Waals surface area contributed by atoms with Crippen LogP contribution in [-0.4, -0.2) is 11.1 Å². The van der Waals surface area contributed by atoms with E-state index in [-0.39, 0.29) is 12.3 Å². The average molecular weight is 244 g/mol. The Kier molecular flexibility index (Phi) is 3.96. The molecule has 0 heterocycles. The summed E-state index contributed by atoms with van der Waals surface area (Å²) in [4.78, 5) is 10.6. The molecular weight excluding hydrogens is 237 g/mol. The zero-order valence-corrected chi connectivity index (χ0v) is 9.14. The van der Waals surface area contributed by atoms with Crippen LogP contribution in [0.15, 0.2) is 12.1 Å². The molecule has 0 aliphatic carbocycles. The molecule has 3 nitrogen and oxygen atoms in total. The lowest BCUT2D eigenvalue weighted by molar-refractivity contribution is -0.136. The van der Waals surface area contributed by atoms with Gasteiger partial charge in [0, 0.05) is 10.9 Å². The first kappa shape index (κ1) is 11.8. The van der Waals surface area contributed by atoms with Crippen molar-refractivity contribution in [3.63, 3.8) is 0 Å². The number of hydrogen-bond donors (Lipinski definition) is 1. The van der Waals surface area contributed by atoms with Crippen LogP contribution in [0.2, 0.25) is 5.02 Å². The van der Waals surface area contributed by atoms with Gasteiger partial charge in [0.1, 0.15) is 0 Å². The van der Waals surface area contributed by atoms with E-state index >= 15 is 0 Å². The topological polar surface area (TPSA) is 61.1 Å². The minimum Gasteiger partial charge on any atom is -0.481 e. The lowest BCUT2D eigenvalue weighted by atomic mass is 10.0. The molecule has 0 spiro atoms. The van der Waals surface area contributed by atoms with Gasteiger partial charge in [0.2, 0.25) is 0 Å². The zero-order valence-electron chi connectivity index (χ0n) is 7.63. The number of alkyl halides is 1. The van der Waals surface area contributed by atoms with Gasteiger partial charge in [0.15, 0.2) is 0 Å². The summed E-state index contributed by atoms with van der Waals surface area (Å²) in [5.41, 5.74) is 1.26. The molecule has 1 aromatic rings. The standard InChI is InChI=1S/C10H7Cl2NO2/c11-4-7-2-8(12)1-6(3-10(14)15)9(7)5-13/h1-2H,3-4H2,(H,14,15). The van der Waals surface area contributed by atoms with Gasteiger partial charge in [-0.1, -0.05) is 11.6 Å². The van der Waals surface area contributed by atoms with Crippen LogP contribution in [-0.2, 0) is 17.1 Å². The van der Waals surface area contributed by atoms with Crippen molar-refractivity contribution in [2.45, 2.75) is 12.3 Å². The second kappa shape index (κ2) is 5.01. The van der Waals surface area contributed by atoms with E-state index in [1.165, 1.54) is 6.07 Å². The number of halogens is 2. The van der Waals surface area contributed by atoms with Crippen molar-refractivity contribution in [2.75, 3.05) is 0 Å². The van der Waals surface area contributed by atoms with Crippen LogP contribution in [0.25, 0.3) is 0 Å². The third kappa shape index (κ3) is 2.85. The molecule has 0 radical (unpaired) electrons. The Morgan fingerprint density at radius 3 is 2.53 bits per heavy atom. The normalized spacial score (nSPS) is 9.67. The first-order valence-electron chi connectivity index (χ1n) is 4.07. The van der Waals surface area contributed by atoms with E-state index in [4.69, 9.17) is 33.6 Å². The van der Waals surface area contributed by atoms with Crippen LogP contribution in [0.3, 0.4) is 0 Å². The molecule has 1 N–H and O–H groups in total. The van der Waals surface area contributed by atoms with Crippen molar-refractivity contribution < 1.29 is 9.90 Å². The van der Waals surface area contributed by atoms with Gasteiger partial charge in [0.05, 0.1) is 18.1 Å². The molecule has 1 aromatic carbocycles. The smallest absolute Gasteiger partial charge is 0.307 e. The van der Waals surface area contributed by atoms with E-state index < -0.39 is 5.97 Å². The maximum atomic E-state index is 10.6. The van der Waals surface area contributed by atoms with E-state index in [2.05, 4.69) is 0 Å². The highest BCUT2D eigenvalue weighted by molar-refractivity contribution is 6.31. The van der Waals surface area contributed by atoms with Crippen molar-refractivity contribution in [3.05, 3.63) is 33.8 Å². The molecule has 0 aromatic heterocycles. The van der Waals surface area contributed by atoms with Crippen molar-refractivity contribution in [1.29, 1.82) is 5.26 Å². The van der Waals surface area contributed by atoms with E-state index in [1.807, 2.05) is 6.07 Å². The summed E-state index contributed by atoms with van der Waals surface area (Å²) in [6.07, 6.45) is -0.229. The molecule has 0 amide bonds. The SMILES string of the molecule is N#Cc1c(CCl)cc(Cl)cc1CC(=O)O. The number of rotatable bonds is 3. The number of aliphatic carboxylic acids is 1. The molecular formula is C10H7Cl2NO2. The van der Waals surface area contributed by atoms with Crippen molar-refractivity contribution >= 4 is 29.2 Å². The van der Waals surface area contributed by atoms with E-state index in [9.17, 15) is 4.79 Å². The molecule has 0 bridgehead atoms. The van der Waals surface area contributed by atoms with Gasteiger partial charge < -0.3 is 5.11 Å². The van der Waals surface area contributed by atoms with Crippen LogP contribution in [0, 0.1) is 11.3 Å². The Bertz CT molecular complexity index is 438. The highest BCUT2D eigenvalue weighted by Gasteiger charge is 2.12. The highest BCUT2D eigenvalue weighted by Crippen LogP contribution is 2.22. The Morgan fingerprint density at radius 1 is 1.47 bits per heavy atom. The van der Waals surface area contributed by atoms with Gasteiger partial charge in [-0.3, -0.25) is 4.79 Å². The molecule has 78 valence electrons. The first-order valence-corrected chi connectivity index (χ1v) is 4.99. The molecule has 0 fully saturated rings.